The van der Waals surface area contributed by atoms with E-state index < -0.39 is 83.4 Å². The highest BCUT2D eigenvalue weighted by atomic mass is 16.2. The highest BCUT2D eigenvalue weighted by Gasteiger charge is 2.39. The topological polar surface area (TPSA) is 353 Å². The highest BCUT2D eigenvalue weighted by Crippen LogP contribution is 2.28. The van der Waals surface area contributed by atoms with Crippen molar-refractivity contribution in [1.82, 2.24) is 36.8 Å². The molecule has 5 rings (SSSR count). The van der Waals surface area contributed by atoms with E-state index in [-0.39, 0.29) is 88.0 Å². The van der Waals surface area contributed by atoms with E-state index in [1.54, 1.807) is 44.2 Å². The molecule has 77 heavy (non-hydrogen) atoms. The molecule has 0 aromatic heterocycles. The van der Waals surface area contributed by atoms with Gasteiger partial charge in [-0.25, -0.2) is 0 Å². The molecule has 22 nitrogen and oxygen atoms in total. The Labute approximate surface area is 448 Å². The Morgan fingerprint density at radius 1 is 0.649 bits per heavy atom. The summed E-state index contributed by atoms with van der Waals surface area (Å²) in [6, 6.07) is 27.0. The van der Waals surface area contributed by atoms with Crippen molar-refractivity contribution in [2.24, 2.45) is 38.8 Å². The third-order valence-electron chi connectivity index (χ3n) is 12.6. The summed E-state index contributed by atoms with van der Waals surface area (Å²) < 4.78 is 0. The van der Waals surface area contributed by atoms with Crippen LogP contribution in [-0.4, -0.2) is 120 Å². The Hall–Kier alpha value is -8.82. The Morgan fingerprint density at radius 2 is 1.25 bits per heavy atom. The van der Waals surface area contributed by atoms with Gasteiger partial charge in [-0.05, 0) is 84.9 Å². The maximum atomic E-state index is 14.4. The van der Waals surface area contributed by atoms with Gasteiger partial charge >= 0.3 is 0 Å². The number of amides is 8. The van der Waals surface area contributed by atoms with Crippen LogP contribution in [0.4, 0.5) is 5.69 Å². The highest BCUT2D eigenvalue weighted by molar-refractivity contribution is 6.05. The predicted molar refractivity (Wildman–Crippen MR) is 294 cm³/mol. The van der Waals surface area contributed by atoms with E-state index in [0.717, 1.165) is 11.1 Å². The Bertz CT molecular complexity index is 2720. The molecule has 1 fully saturated rings. The second-order valence-electron chi connectivity index (χ2n) is 18.9. The first-order chi connectivity index (χ1) is 36.9. The van der Waals surface area contributed by atoms with Crippen molar-refractivity contribution in [2.45, 2.75) is 102 Å². The molecule has 15 N–H and O–H groups in total. The van der Waals surface area contributed by atoms with E-state index in [9.17, 15) is 38.4 Å². The number of anilines is 1. The van der Waals surface area contributed by atoms with Gasteiger partial charge in [0.05, 0.1) is 6.54 Å². The van der Waals surface area contributed by atoms with Crippen LogP contribution in [0.25, 0.3) is 11.1 Å². The Balaban J connectivity index is 1.35. The number of nitrogens with one attached hydrogen (secondary N) is 7. The lowest BCUT2D eigenvalue weighted by molar-refractivity contribution is -0.142. The largest absolute Gasteiger partial charge is 0.370 e. The second kappa shape index (κ2) is 29.9. The van der Waals surface area contributed by atoms with Crippen molar-refractivity contribution < 1.29 is 38.4 Å². The number of nitrogens with two attached hydrogens (primary N) is 4. The lowest BCUT2D eigenvalue weighted by Gasteiger charge is -2.30. The van der Waals surface area contributed by atoms with Crippen LogP contribution in [0.3, 0.4) is 0 Å². The first kappa shape index (κ1) is 59.1. The first-order valence-electron chi connectivity index (χ1n) is 25.6. The number of guanidine groups is 2. The average molecular weight is 1060 g/mol. The molecule has 4 aromatic carbocycles. The van der Waals surface area contributed by atoms with Crippen molar-refractivity contribution in [3.63, 3.8) is 0 Å². The smallest absolute Gasteiger partial charge is 0.252 e. The van der Waals surface area contributed by atoms with Crippen molar-refractivity contribution in [1.29, 1.82) is 0 Å². The van der Waals surface area contributed by atoms with E-state index in [1.807, 2.05) is 66.7 Å². The molecule has 0 saturated carbocycles. The first-order valence-corrected chi connectivity index (χ1v) is 25.6. The van der Waals surface area contributed by atoms with Gasteiger partial charge < -0.3 is 65.1 Å². The molecule has 0 aliphatic carbocycles. The molecule has 0 radical (unpaired) electrons. The van der Waals surface area contributed by atoms with Gasteiger partial charge in [-0.3, -0.25) is 48.3 Å². The van der Waals surface area contributed by atoms with Gasteiger partial charge in [-0.1, -0.05) is 105 Å². The number of rotatable bonds is 27. The van der Waals surface area contributed by atoms with Crippen LogP contribution in [-0.2, 0) is 46.5 Å². The summed E-state index contributed by atoms with van der Waals surface area (Å²) in [6.45, 7) is 5.20. The van der Waals surface area contributed by atoms with E-state index in [0.29, 0.717) is 24.0 Å². The van der Waals surface area contributed by atoms with Gasteiger partial charge in [0.15, 0.2) is 11.9 Å². The fourth-order valence-corrected chi connectivity index (χ4v) is 8.64. The summed E-state index contributed by atoms with van der Waals surface area (Å²) in [5.74, 6) is -5.07. The fraction of sp³-hybridized carbons (Fsp3) is 0.382. The number of aliphatic imine (C=N–C) groups is 2. The molecule has 0 bridgehead atoms. The predicted octanol–water partition coefficient (Wildman–Crippen LogP) is 1.29. The standard InChI is InChI=1S/C55H72N14O8/c1-34(2)47(52(76)67-44(30-36-16-7-4-8-17-36)49(73)63-32-37-18-9-5-10-19-37)68-48(72)40-26-25-39(31-41(40)38-20-11-6-12-21-38)64-50(74)42(22-13-27-60-54(56)57)66-51(75)45-24-15-29-69(45)53(77)43(23-14-28-61-55(58)59)65-46(71)33-62-35(3)70/h4-12,16-21,25-26,31,34,42-45,47H,13-15,22-24,27-30,32-33H2,1-3H3,(H,62,70)(H,63,73)(H,64,74)(H,65,71)(H,66,75)(H,67,76)(H,68,72)(H4,56,57,60)(H4,58,59,61)/t42-,43-,44-,45-,47-/m0/s1. The van der Waals surface area contributed by atoms with Gasteiger partial charge in [0.1, 0.15) is 30.2 Å². The molecule has 0 spiro atoms. The normalized spacial score (nSPS) is 14.3. The van der Waals surface area contributed by atoms with Crippen LogP contribution in [0.15, 0.2) is 119 Å². The Kier molecular flexibility index (Phi) is 22.9. The lowest BCUT2D eigenvalue weighted by Crippen LogP contribution is -2.56. The molecule has 1 heterocycles. The van der Waals surface area contributed by atoms with Crippen molar-refractivity contribution >= 4 is 64.9 Å². The molecule has 22 heteroatoms. The third-order valence-corrected chi connectivity index (χ3v) is 12.6. The van der Waals surface area contributed by atoms with E-state index in [2.05, 4.69) is 47.2 Å². The molecule has 0 unspecified atom stereocenters. The Morgan fingerprint density at radius 3 is 1.84 bits per heavy atom. The van der Waals surface area contributed by atoms with Gasteiger partial charge in [0.25, 0.3) is 5.91 Å². The lowest BCUT2D eigenvalue weighted by atomic mass is 9.96. The molecular formula is C55H72N14O8. The molecule has 1 aliphatic rings. The molecule has 4 aromatic rings. The summed E-state index contributed by atoms with van der Waals surface area (Å²) in [5.41, 5.74) is 25.3. The molecule has 5 atom stereocenters. The fourth-order valence-electron chi connectivity index (χ4n) is 8.64. The van der Waals surface area contributed by atoms with Gasteiger partial charge in [0, 0.05) is 50.8 Å². The number of hydrogen-bond donors (Lipinski definition) is 11. The molecule has 1 saturated heterocycles. The number of hydrogen-bond acceptors (Lipinski definition) is 10. The summed E-state index contributed by atoms with van der Waals surface area (Å²) in [5, 5.41) is 19.5. The van der Waals surface area contributed by atoms with Crippen molar-refractivity contribution in [2.75, 3.05) is 31.5 Å². The number of carbonyl (C=O) groups is 8. The van der Waals surface area contributed by atoms with Crippen molar-refractivity contribution in [3.05, 3.63) is 126 Å². The van der Waals surface area contributed by atoms with Gasteiger partial charge in [-0.15, -0.1) is 0 Å². The van der Waals surface area contributed by atoms with E-state index >= 15 is 0 Å². The summed E-state index contributed by atoms with van der Waals surface area (Å²) in [4.78, 5) is 119. The summed E-state index contributed by atoms with van der Waals surface area (Å²) in [7, 11) is 0. The van der Waals surface area contributed by atoms with E-state index in [1.165, 1.54) is 24.0 Å². The zero-order valence-electron chi connectivity index (χ0n) is 43.8. The third kappa shape index (κ3) is 19.1. The zero-order chi connectivity index (χ0) is 55.9. The van der Waals surface area contributed by atoms with E-state index in [4.69, 9.17) is 22.9 Å². The molecule has 8 amide bonds. The minimum absolute atomic E-state index is 0.0766. The maximum Gasteiger partial charge on any atom is 0.252 e. The van der Waals surface area contributed by atoms with Gasteiger partial charge in [0.2, 0.25) is 41.4 Å². The van der Waals surface area contributed by atoms with Crippen LogP contribution in [0.1, 0.15) is 80.8 Å². The number of benzene rings is 4. The molecular weight excluding hydrogens is 985 g/mol. The monoisotopic (exact) mass is 1060 g/mol. The van der Waals surface area contributed by atoms with Crippen LogP contribution in [0.5, 0.6) is 0 Å². The second-order valence-corrected chi connectivity index (χ2v) is 18.9. The zero-order valence-corrected chi connectivity index (χ0v) is 43.8. The minimum Gasteiger partial charge on any atom is -0.370 e. The SMILES string of the molecule is CC(=O)NCC(=O)N[C@@H](CCCN=C(N)N)C(=O)N1CCC[C@H]1C(=O)N[C@@H](CCCN=C(N)N)C(=O)Nc1ccc(C(=O)N[C@H](C(=O)N[C@@H](Cc2ccccc2)C(=O)NCc2ccccc2)C(C)C)c(-c2ccccc2)c1. The molecule has 410 valence electrons. The van der Waals surface area contributed by atoms with Crippen molar-refractivity contribution in [3.8, 4) is 11.1 Å². The van der Waals surface area contributed by atoms with Crippen LogP contribution in [0.2, 0.25) is 0 Å². The number of carbonyl (C=O) groups excluding carboxylic acids is 8. The minimum atomic E-state index is -1.17. The average Bonchev–Trinajstić information content (AvgIpc) is 3.91. The van der Waals surface area contributed by atoms with Crippen LogP contribution >= 0.6 is 0 Å². The molecule has 1 aliphatic heterocycles. The summed E-state index contributed by atoms with van der Waals surface area (Å²) in [6.07, 6.45) is 1.69. The van der Waals surface area contributed by atoms with Crippen LogP contribution in [0, 0.1) is 5.92 Å². The number of likely N-dealkylation sites (tertiary alicyclic amines) is 1. The summed E-state index contributed by atoms with van der Waals surface area (Å²) >= 11 is 0. The van der Waals surface area contributed by atoms with Gasteiger partial charge in [-0.2, -0.15) is 0 Å². The van der Waals surface area contributed by atoms with Crippen LogP contribution < -0.4 is 60.2 Å². The number of nitrogens with zero attached hydrogens (tertiary/aromatic N) is 3. The maximum absolute atomic E-state index is 14.4. The quantitative estimate of drug-likeness (QED) is 0.0229.